The van der Waals surface area contributed by atoms with Crippen molar-refractivity contribution >= 4 is 22.8 Å². The minimum absolute atomic E-state index is 0.143. The first-order valence-electron chi connectivity index (χ1n) is 6.07. The fraction of sp³-hybridized carbons (Fsp3) is 0.267. The van der Waals surface area contributed by atoms with Crippen LogP contribution in [0.15, 0.2) is 30.3 Å². The Morgan fingerprint density at radius 2 is 1.94 bits per heavy atom. The van der Waals surface area contributed by atoms with E-state index < -0.39 is 0 Å². The first kappa shape index (κ1) is 12.8. The Balaban J connectivity index is 2.19. The Hall–Kier alpha value is -1.61. The number of carbonyl (C=O) groups is 1. The molecule has 1 aromatic heterocycles. The largest absolute Gasteiger partial charge is 0.398 e. The third-order valence-electron chi connectivity index (χ3n) is 3.08. The molecule has 1 heterocycles. The topological polar surface area (TPSA) is 43.1 Å². The van der Waals surface area contributed by atoms with Gasteiger partial charge in [0, 0.05) is 27.4 Å². The number of hydrogen-bond donors (Lipinski definition) is 1. The summed E-state index contributed by atoms with van der Waals surface area (Å²) in [4.78, 5) is 14.7. The SMILES string of the molecule is CCc1ccc(CC(=O)c2cccc(N)c2C)s1. The predicted molar refractivity (Wildman–Crippen MR) is 77.3 cm³/mol. The van der Waals surface area contributed by atoms with Gasteiger partial charge in [0.05, 0.1) is 0 Å². The van der Waals surface area contributed by atoms with Crippen molar-refractivity contribution in [2.45, 2.75) is 26.7 Å². The predicted octanol–water partition coefficient (Wildman–Crippen LogP) is 3.63. The van der Waals surface area contributed by atoms with Gasteiger partial charge in [-0.2, -0.15) is 0 Å². The molecule has 0 aliphatic carbocycles. The minimum Gasteiger partial charge on any atom is -0.398 e. The van der Waals surface area contributed by atoms with Gasteiger partial charge in [0.2, 0.25) is 0 Å². The molecule has 94 valence electrons. The third kappa shape index (κ3) is 2.62. The average Bonchev–Trinajstić information content (AvgIpc) is 2.80. The summed E-state index contributed by atoms with van der Waals surface area (Å²) in [6.07, 6.45) is 1.49. The molecule has 0 saturated heterocycles. The number of nitrogen functional groups attached to an aromatic ring is 1. The average molecular weight is 259 g/mol. The number of carbonyl (C=O) groups excluding carboxylic acids is 1. The molecule has 0 saturated carbocycles. The molecule has 0 unspecified atom stereocenters. The van der Waals surface area contributed by atoms with Crippen LogP contribution in [0.4, 0.5) is 5.69 Å². The Bertz CT molecular complexity index is 572. The Kier molecular flexibility index (Phi) is 3.82. The van der Waals surface area contributed by atoms with Crippen molar-refractivity contribution in [3.8, 4) is 0 Å². The molecule has 0 spiro atoms. The van der Waals surface area contributed by atoms with Gasteiger partial charge >= 0.3 is 0 Å². The van der Waals surface area contributed by atoms with Crippen LogP contribution in [0.2, 0.25) is 0 Å². The summed E-state index contributed by atoms with van der Waals surface area (Å²) in [5, 5.41) is 0. The highest BCUT2D eigenvalue weighted by molar-refractivity contribution is 7.12. The van der Waals surface area contributed by atoms with Crippen molar-refractivity contribution in [3.05, 3.63) is 51.2 Å². The number of hydrogen-bond acceptors (Lipinski definition) is 3. The van der Waals surface area contributed by atoms with E-state index in [-0.39, 0.29) is 5.78 Å². The molecule has 1 aromatic carbocycles. The van der Waals surface area contributed by atoms with Crippen LogP contribution in [0.3, 0.4) is 0 Å². The van der Waals surface area contributed by atoms with Gasteiger partial charge in [0.1, 0.15) is 0 Å². The van der Waals surface area contributed by atoms with Crippen molar-refractivity contribution in [1.82, 2.24) is 0 Å². The normalized spacial score (nSPS) is 10.6. The van der Waals surface area contributed by atoms with Crippen molar-refractivity contribution in [1.29, 1.82) is 0 Å². The molecule has 0 radical (unpaired) electrons. The zero-order valence-electron chi connectivity index (χ0n) is 10.7. The lowest BCUT2D eigenvalue weighted by molar-refractivity contribution is 0.0993. The fourth-order valence-electron chi connectivity index (χ4n) is 1.92. The highest BCUT2D eigenvalue weighted by atomic mass is 32.1. The monoisotopic (exact) mass is 259 g/mol. The van der Waals surface area contributed by atoms with E-state index in [4.69, 9.17) is 5.73 Å². The second-order valence-corrected chi connectivity index (χ2v) is 5.59. The number of rotatable bonds is 4. The van der Waals surface area contributed by atoms with E-state index in [1.165, 1.54) is 4.88 Å². The van der Waals surface area contributed by atoms with Crippen LogP contribution in [0.1, 0.15) is 32.6 Å². The molecule has 2 rings (SSSR count). The zero-order chi connectivity index (χ0) is 13.1. The number of Topliss-reactive ketones (excluding diaryl/α,β-unsaturated/α-hetero) is 1. The van der Waals surface area contributed by atoms with Crippen molar-refractivity contribution in [2.75, 3.05) is 5.73 Å². The number of ketones is 1. The molecular weight excluding hydrogens is 242 g/mol. The van der Waals surface area contributed by atoms with Gasteiger partial charge < -0.3 is 5.73 Å². The number of anilines is 1. The van der Waals surface area contributed by atoms with Crippen LogP contribution in [0.25, 0.3) is 0 Å². The molecule has 2 N–H and O–H groups in total. The summed E-state index contributed by atoms with van der Waals surface area (Å²) in [5.41, 5.74) is 8.13. The maximum atomic E-state index is 12.2. The Labute approximate surface area is 111 Å². The van der Waals surface area contributed by atoms with Crippen molar-refractivity contribution in [2.24, 2.45) is 0 Å². The van der Waals surface area contributed by atoms with Crippen LogP contribution >= 0.6 is 11.3 Å². The number of aryl methyl sites for hydroxylation is 1. The molecule has 2 nitrogen and oxygen atoms in total. The second kappa shape index (κ2) is 5.36. The maximum absolute atomic E-state index is 12.2. The van der Waals surface area contributed by atoms with E-state index in [2.05, 4.69) is 13.0 Å². The molecule has 2 aromatic rings. The van der Waals surface area contributed by atoms with Gasteiger partial charge in [-0.3, -0.25) is 4.79 Å². The number of nitrogens with two attached hydrogens (primary N) is 1. The summed E-state index contributed by atoms with van der Waals surface area (Å²) in [6.45, 7) is 4.02. The fourth-order valence-corrected chi connectivity index (χ4v) is 2.87. The third-order valence-corrected chi connectivity index (χ3v) is 4.31. The molecule has 18 heavy (non-hydrogen) atoms. The summed E-state index contributed by atoms with van der Waals surface area (Å²) >= 11 is 1.71. The van der Waals surface area contributed by atoms with Crippen LogP contribution in [-0.4, -0.2) is 5.78 Å². The lowest BCUT2D eigenvalue weighted by atomic mass is 10.0. The lowest BCUT2D eigenvalue weighted by Gasteiger charge is -2.06. The van der Waals surface area contributed by atoms with Gasteiger partial charge in [-0.05, 0) is 37.1 Å². The van der Waals surface area contributed by atoms with E-state index >= 15 is 0 Å². The van der Waals surface area contributed by atoms with E-state index in [0.717, 1.165) is 22.4 Å². The van der Waals surface area contributed by atoms with Gasteiger partial charge in [-0.25, -0.2) is 0 Å². The van der Waals surface area contributed by atoms with Crippen LogP contribution in [0.5, 0.6) is 0 Å². The van der Waals surface area contributed by atoms with Crippen LogP contribution in [0, 0.1) is 6.92 Å². The Morgan fingerprint density at radius 1 is 1.22 bits per heavy atom. The van der Waals surface area contributed by atoms with E-state index in [9.17, 15) is 4.79 Å². The summed E-state index contributed by atoms with van der Waals surface area (Å²) in [7, 11) is 0. The molecule has 0 aliphatic heterocycles. The van der Waals surface area contributed by atoms with E-state index in [0.29, 0.717) is 12.1 Å². The van der Waals surface area contributed by atoms with Crippen molar-refractivity contribution < 1.29 is 4.79 Å². The smallest absolute Gasteiger partial charge is 0.168 e. The van der Waals surface area contributed by atoms with Gasteiger partial charge in [-0.15, -0.1) is 11.3 Å². The summed E-state index contributed by atoms with van der Waals surface area (Å²) in [5.74, 6) is 0.143. The highest BCUT2D eigenvalue weighted by Gasteiger charge is 2.12. The van der Waals surface area contributed by atoms with Crippen molar-refractivity contribution in [3.63, 3.8) is 0 Å². The van der Waals surface area contributed by atoms with E-state index in [1.54, 1.807) is 11.3 Å². The summed E-state index contributed by atoms with van der Waals surface area (Å²) < 4.78 is 0. The molecular formula is C15H17NOS. The molecule has 3 heteroatoms. The molecule has 0 aliphatic rings. The molecule has 0 fully saturated rings. The van der Waals surface area contributed by atoms with Gasteiger partial charge in [0.25, 0.3) is 0 Å². The van der Waals surface area contributed by atoms with Crippen LogP contribution in [-0.2, 0) is 12.8 Å². The summed E-state index contributed by atoms with van der Waals surface area (Å²) in [6, 6.07) is 9.65. The quantitative estimate of drug-likeness (QED) is 0.673. The van der Waals surface area contributed by atoms with E-state index in [1.807, 2.05) is 31.2 Å². The first-order valence-corrected chi connectivity index (χ1v) is 6.89. The first-order chi connectivity index (χ1) is 8.61. The number of thiophene rings is 1. The van der Waals surface area contributed by atoms with Gasteiger partial charge in [0.15, 0.2) is 5.78 Å². The maximum Gasteiger partial charge on any atom is 0.168 e. The second-order valence-electron chi connectivity index (χ2n) is 4.34. The lowest BCUT2D eigenvalue weighted by Crippen LogP contribution is -2.06. The Morgan fingerprint density at radius 3 is 2.61 bits per heavy atom. The number of benzene rings is 1. The zero-order valence-corrected chi connectivity index (χ0v) is 11.5. The molecule has 0 bridgehead atoms. The molecule has 0 amide bonds. The standard InChI is InChI=1S/C15H17NOS/c1-3-11-7-8-12(18-11)9-15(17)13-5-4-6-14(16)10(13)2/h4-8H,3,9,16H2,1-2H3. The van der Waals surface area contributed by atoms with Gasteiger partial charge in [-0.1, -0.05) is 19.1 Å². The highest BCUT2D eigenvalue weighted by Crippen LogP contribution is 2.21. The van der Waals surface area contributed by atoms with Crippen LogP contribution < -0.4 is 5.73 Å². The minimum atomic E-state index is 0.143. The molecule has 0 atom stereocenters.